The van der Waals surface area contributed by atoms with E-state index in [9.17, 15) is 18.0 Å². The van der Waals surface area contributed by atoms with E-state index in [-0.39, 0.29) is 40.9 Å². The highest BCUT2D eigenvalue weighted by Crippen LogP contribution is 2.32. The van der Waals surface area contributed by atoms with E-state index in [0.717, 1.165) is 9.87 Å². The summed E-state index contributed by atoms with van der Waals surface area (Å²) < 4.78 is 55.2. The van der Waals surface area contributed by atoms with Crippen molar-refractivity contribution in [3.05, 3.63) is 120 Å². The third-order valence-electron chi connectivity index (χ3n) is 7.84. The van der Waals surface area contributed by atoms with E-state index in [2.05, 4.69) is 5.32 Å². The molecule has 0 bridgehead atoms. The molecule has 4 aromatic carbocycles. The number of benzene rings is 4. The molecule has 47 heavy (non-hydrogen) atoms. The van der Waals surface area contributed by atoms with Crippen molar-refractivity contribution >= 4 is 27.5 Å². The van der Waals surface area contributed by atoms with E-state index in [1.165, 1.54) is 55.5 Å². The second-order valence-electron chi connectivity index (χ2n) is 11.0. The van der Waals surface area contributed by atoms with Gasteiger partial charge in [-0.05, 0) is 49.2 Å². The van der Waals surface area contributed by atoms with Crippen molar-refractivity contribution in [3.8, 4) is 11.5 Å². The lowest BCUT2D eigenvalue weighted by Gasteiger charge is -2.34. The maximum absolute atomic E-state index is 15.1. The number of halogens is 1. The molecule has 0 unspecified atom stereocenters. The molecule has 2 amide bonds. The molecule has 0 fully saturated rings. The highest BCUT2D eigenvalue weighted by Gasteiger charge is 2.35. The zero-order valence-corrected chi connectivity index (χ0v) is 27.7. The minimum absolute atomic E-state index is 0.122. The number of hydrogen-bond acceptors (Lipinski definition) is 6. The molecule has 4 rings (SSSR count). The van der Waals surface area contributed by atoms with Crippen LogP contribution in [0.3, 0.4) is 0 Å². The third-order valence-corrected chi connectivity index (χ3v) is 9.61. The quantitative estimate of drug-likeness (QED) is 0.178. The van der Waals surface area contributed by atoms with Crippen LogP contribution in [0.5, 0.6) is 11.5 Å². The van der Waals surface area contributed by atoms with E-state index < -0.39 is 40.2 Å². The van der Waals surface area contributed by atoms with Gasteiger partial charge in [-0.3, -0.25) is 13.9 Å². The topological polar surface area (TPSA) is 105 Å². The van der Waals surface area contributed by atoms with Gasteiger partial charge >= 0.3 is 0 Å². The van der Waals surface area contributed by atoms with Crippen molar-refractivity contribution in [2.24, 2.45) is 0 Å². The molecule has 248 valence electrons. The van der Waals surface area contributed by atoms with Crippen molar-refractivity contribution in [3.63, 3.8) is 0 Å². The van der Waals surface area contributed by atoms with E-state index >= 15 is 4.39 Å². The Kier molecular flexibility index (Phi) is 12.0. The van der Waals surface area contributed by atoms with Gasteiger partial charge in [0.05, 0.1) is 24.8 Å². The molecule has 0 aliphatic carbocycles. The molecule has 1 N–H and O–H groups in total. The first-order chi connectivity index (χ1) is 22.6. The molecule has 0 radical (unpaired) electrons. The highest BCUT2D eigenvalue weighted by atomic mass is 32.2. The fourth-order valence-electron chi connectivity index (χ4n) is 5.03. The summed E-state index contributed by atoms with van der Waals surface area (Å²) in [5.41, 5.74) is 1.19. The van der Waals surface area contributed by atoms with Crippen LogP contribution in [0.15, 0.2) is 108 Å². The van der Waals surface area contributed by atoms with Gasteiger partial charge in [0, 0.05) is 30.6 Å². The van der Waals surface area contributed by atoms with Gasteiger partial charge in [0.1, 0.15) is 18.4 Å². The lowest BCUT2D eigenvalue weighted by molar-refractivity contribution is -0.140. The van der Waals surface area contributed by atoms with Crippen LogP contribution in [0.2, 0.25) is 0 Å². The van der Waals surface area contributed by atoms with Crippen LogP contribution >= 0.6 is 0 Å². The van der Waals surface area contributed by atoms with Gasteiger partial charge in [-0.25, -0.2) is 12.8 Å². The van der Waals surface area contributed by atoms with Gasteiger partial charge in [-0.1, -0.05) is 73.7 Å². The molecule has 0 spiro atoms. The van der Waals surface area contributed by atoms with Gasteiger partial charge in [0.2, 0.25) is 11.8 Å². The van der Waals surface area contributed by atoms with Gasteiger partial charge in [-0.2, -0.15) is 0 Å². The van der Waals surface area contributed by atoms with Crippen LogP contribution in [0.1, 0.15) is 31.4 Å². The number of anilines is 1. The summed E-state index contributed by atoms with van der Waals surface area (Å²) in [5.74, 6) is -1.15. The van der Waals surface area contributed by atoms with Crippen LogP contribution in [0.4, 0.5) is 10.1 Å². The summed E-state index contributed by atoms with van der Waals surface area (Å²) in [6.45, 7) is 2.84. The Morgan fingerprint density at radius 1 is 0.851 bits per heavy atom. The lowest BCUT2D eigenvalue weighted by Crippen LogP contribution is -2.54. The number of para-hydroxylation sites is 1. The number of methoxy groups -OCH3 is 2. The number of rotatable bonds is 15. The second-order valence-corrected chi connectivity index (χ2v) is 12.9. The van der Waals surface area contributed by atoms with E-state index in [0.29, 0.717) is 12.2 Å². The molecule has 9 nitrogen and oxygen atoms in total. The summed E-state index contributed by atoms with van der Waals surface area (Å²) in [6, 6.07) is 26.2. The van der Waals surface area contributed by atoms with Gasteiger partial charge < -0.3 is 19.7 Å². The molecule has 0 aliphatic heterocycles. The van der Waals surface area contributed by atoms with Gasteiger partial charge in [0.25, 0.3) is 10.0 Å². The van der Waals surface area contributed by atoms with E-state index in [4.69, 9.17) is 9.47 Å². The SMILES string of the molecule is CC[C@H](C)NC(=O)[C@@H](Cc1ccccc1)N(Cc1ccccc1F)C(=O)CN(c1ccccc1)S(=O)(=O)c1ccc(OC)c(OC)c1. The molecular formula is C36H40FN3O6S. The number of nitrogens with zero attached hydrogens (tertiary/aromatic N) is 2. The Labute approximate surface area is 276 Å². The monoisotopic (exact) mass is 661 g/mol. The zero-order chi connectivity index (χ0) is 34.0. The predicted molar refractivity (Wildman–Crippen MR) is 179 cm³/mol. The first kappa shape index (κ1) is 35.0. The number of sulfonamides is 1. The highest BCUT2D eigenvalue weighted by molar-refractivity contribution is 7.92. The third kappa shape index (κ3) is 8.68. The van der Waals surface area contributed by atoms with Crippen molar-refractivity contribution < 1.29 is 31.9 Å². The van der Waals surface area contributed by atoms with Gasteiger partial charge in [0.15, 0.2) is 11.5 Å². The maximum atomic E-state index is 15.1. The largest absolute Gasteiger partial charge is 0.493 e. The first-order valence-corrected chi connectivity index (χ1v) is 16.7. The normalized spacial score (nSPS) is 12.4. The molecule has 0 aromatic heterocycles. The predicted octanol–water partition coefficient (Wildman–Crippen LogP) is 5.59. The van der Waals surface area contributed by atoms with Crippen LogP contribution < -0.4 is 19.1 Å². The minimum atomic E-state index is -4.37. The lowest BCUT2D eigenvalue weighted by atomic mass is 10.0. The van der Waals surface area contributed by atoms with Crippen molar-refractivity contribution in [1.82, 2.24) is 10.2 Å². The Hall–Kier alpha value is -4.90. The van der Waals surface area contributed by atoms with Crippen LogP contribution in [0.25, 0.3) is 0 Å². The fraction of sp³-hybridized carbons (Fsp3) is 0.278. The number of carbonyl (C=O) groups is 2. The van der Waals surface area contributed by atoms with Crippen molar-refractivity contribution in [2.45, 2.75) is 50.2 Å². The standard InChI is InChI=1S/C36H40FN3O6S/c1-5-26(2)38-36(42)32(22-27-14-8-6-9-15-27)39(24-28-16-12-13-19-31(28)37)35(41)25-40(29-17-10-7-11-18-29)47(43,44)30-20-21-33(45-3)34(23-30)46-4/h6-21,23,26,32H,5,22,24-25H2,1-4H3,(H,38,42)/t26-,32+/m0/s1. The summed E-state index contributed by atoms with van der Waals surface area (Å²) in [6.07, 6.45) is 0.771. The maximum Gasteiger partial charge on any atom is 0.264 e. The number of hydrogen-bond donors (Lipinski definition) is 1. The molecule has 2 atom stereocenters. The average molecular weight is 662 g/mol. The van der Waals surface area contributed by atoms with E-state index in [1.54, 1.807) is 36.4 Å². The Morgan fingerprint density at radius 3 is 2.09 bits per heavy atom. The molecule has 11 heteroatoms. The molecular weight excluding hydrogens is 621 g/mol. The number of amides is 2. The van der Waals surface area contributed by atoms with Crippen LogP contribution in [-0.2, 0) is 32.6 Å². The van der Waals surface area contributed by atoms with Crippen LogP contribution in [0, 0.1) is 5.82 Å². The Balaban J connectivity index is 1.82. The van der Waals surface area contributed by atoms with Crippen molar-refractivity contribution in [1.29, 1.82) is 0 Å². The zero-order valence-electron chi connectivity index (χ0n) is 26.9. The average Bonchev–Trinajstić information content (AvgIpc) is 3.09. The van der Waals surface area contributed by atoms with Crippen molar-refractivity contribution in [2.75, 3.05) is 25.1 Å². The molecule has 4 aromatic rings. The molecule has 0 saturated carbocycles. The van der Waals surface area contributed by atoms with Crippen LogP contribution in [-0.4, -0.2) is 58.0 Å². The van der Waals surface area contributed by atoms with E-state index in [1.807, 2.05) is 44.2 Å². The summed E-state index contributed by atoms with van der Waals surface area (Å²) in [5, 5.41) is 2.97. The Morgan fingerprint density at radius 2 is 1.47 bits per heavy atom. The molecule has 0 aliphatic rings. The summed E-state index contributed by atoms with van der Waals surface area (Å²) in [7, 11) is -1.54. The number of ether oxygens (including phenoxy) is 2. The molecule has 0 heterocycles. The summed E-state index contributed by atoms with van der Waals surface area (Å²) >= 11 is 0. The molecule has 0 saturated heterocycles. The van der Waals surface area contributed by atoms with Gasteiger partial charge in [-0.15, -0.1) is 0 Å². The Bertz CT molecular complexity index is 1760. The fourth-order valence-corrected chi connectivity index (χ4v) is 6.46. The first-order valence-electron chi connectivity index (χ1n) is 15.3. The number of carbonyl (C=O) groups excluding carboxylic acids is 2. The minimum Gasteiger partial charge on any atom is -0.493 e. The smallest absolute Gasteiger partial charge is 0.264 e. The number of nitrogens with one attached hydrogen (secondary N) is 1. The summed E-state index contributed by atoms with van der Waals surface area (Å²) in [4.78, 5) is 29.5. The second kappa shape index (κ2) is 16.1.